The number of rotatable bonds is 6. The van der Waals surface area contributed by atoms with E-state index in [0.29, 0.717) is 17.4 Å². The lowest BCUT2D eigenvalue weighted by atomic mass is 10.2. The molecule has 7 heteroatoms. The number of aromatic nitrogens is 3. The number of benzene rings is 1. The van der Waals surface area contributed by atoms with Crippen LogP contribution in [0.2, 0.25) is 0 Å². The van der Waals surface area contributed by atoms with Crippen LogP contribution in [0, 0.1) is 10.7 Å². The summed E-state index contributed by atoms with van der Waals surface area (Å²) in [7, 11) is 0. The average Bonchev–Trinajstić information content (AvgIpc) is 3.32. The fourth-order valence-corrected chi connectivity index (χ4v) is 3.98. The number of hydrogen-bond acceptors (Lipinski definition) is 5. The fraction of sp³-hybridized carbons (Fsp3) is 0.429. The summed E-state index contributed by atoms with van der Waals surface area (Å²) >= 11 is 5.80. The van der Waals surface area contributed by atoms with Crippen molar-refractivity contribution in [2.45, 2.75) is 20.5 Å². The van der Waals surface area contributed by atoms with Crippen LogP contribution in [-0.2, 0) is 6.67 Å². The lowest BCUT2D eigenvalue weighted by Crippen LogP contribution is -2.47. The summed E-state index contributed by atoms with van der Waals surface area (Å²) < 4.78 is 10.2. The van der Waals surface area contributed by atoms with Gasteiger partial charge in [-0.1, -0.05) is 32.0 Å². The molecule has 0 aliphatic carbocycles. The molecule has 28 heavy (non-hydrogen) atoms. The third kappa shape index (κ3) is 4.11. The summed E-state index contributed by atoms with van der Waals surface area (Å²) in [6, 6.07) is 13.9. The molecule has 148 valence electrons. The lowest BCUT2D eigenvalue weighted by Gasteiger charge is -2.35. The predicted molar refractivity (Wildman–Crippen MR) is 113 cm³/mol. The van der Waals surface area contributed by atoms with Gasteiger partial charge in [-0.3, -0.25) is 9.47 Å². The summed E-state index contributed by atoms with van der Waals surface area (Å²) in [4.78, 5) is 4.96. The van der Waals surface area contributed by atoms with Crippen LogP contribution in [0.25, 0.3) is 17.3 Å². The van der Waals surface area contributed by atoms with E-state index in [2.05, 4.69) is 23.6 Å². The quantitative estimate of drug-likeness (QED) is 0.590. The Morgan fingerprint density at radius 2 is 1.71 bits per heavy atom. The molecule has 0 unspecified atom stereocenters. The highest BCUT2D eigenvalue weighted by Gasteiger charge is 2.21. The maximum atomic E-state index is 5.80. The molecule has 0 atom stereocenters. The fourth-order valence-electron chi connectivity index (χ4n) is 3.69. The van der Waals surface area contributed by atoms with Crippen LogP contribution in [0.3, 0.4) is 0 Å². The van der Waals surface area contributed by atoms with Crippen LogP contribution in [0.4, 0.5) is 0 Å². The highest BCUT2D eigenvalue weighted by molar-refractivity contribution is 7.71. The molecule has 0 radical (unpaired) electrons. The summed E-state index contributed by atoms with van der Waals surface area (Å²) in [6.07, 6.45) is 1.67. The largest absolute Gasteiger partial charge is 0.461 e. The van der Waals surface area contributed by atoms with Gasteiger partial charge in [0.25, 0.3) is 0 Å². The average molecular weight is 398 g/mol. The summed E-state index contributed by atoms with van der Waals surface area (Å²) in [5, 5.41) is 4.82. The zero-order chi connectivity index (χ0) is 19.5. The smallest absolute Gasteiger partial charge is 0.204 e. The molecular weight excluding hydrogens is 370 g/mol. The van der Waals surface area contributed by atoms with Crippen molar-refractivity contribution in [1.82, 2.24) is 24.1 Å². The van der Waals surface area contributed by atoms with Crippen molar-refractivity contribution in [2.75, 3.05) is 32.7 Å². The van der Waals surface area contributed by atoms with Gasteiger partial charge in [0.05, 0.1) is 18.6 Å². The maximum absolute atomic E-state index is 5.80. The van der Waals surface area contributed by atoms with Gasteiger partial charge < -0.3 is 9.32 Å². The molecule has 0 saturated carbocycles. The molecule has 1 aromatic carbocycles. The van der Waals surface area contributed by atoms with Crippen molar-refractivity contribution in [2.24, 2.45) is 5.92 Å². The SMILES string of the molecule is CC(C)CN1CCN(Cn2nc(-c3ccco3)n(-c3ccccc3)c2=S)CC1. The second-order valence-electron chi connectivity index (χ2n) is 7.71. The molecule has 0 N–H and O–H groups in total. The highest BCUT2D eigenvalue weighted by Crippen LogP contribution is 2.23. The normalized spacial score (nSPS) is 16.1. The van der Waals surface area contributed by atoms with Crippen molar-refractivity contribution in [3.05, 3.63) is 53.5 Å². The maximum Gasteiger partial charge on any atom is 0.204 e. The van der Waals surface area contributed by atoms with E-state index in [-0.39, 0.29) is 0 Å². The van der Waals surface area contributed by atoms with Crippen LogP contribution in [-0.4, -0.2) is 56.9 Å². The van der Waals surface area contributed by atoms with Crippen LogP contribution in [0.1, 0.15) is 13.8 Å². The van der Waals surface area contributed by atoms with Gasteiger partial charge in [-0.05, 0) is 42.4 Å². The molecule has 0 spiro atoms. The van der Waals surface area contributed by atoms with E-state index in [1.54, 1.807) is 6.26 Å². The van der Waals surface area contributed by atoms with Gasteiger partial charge in [-0.25, -0.2) is 4.68 Å². The molecule has 2 aromatic heterocycles. The predicted octanol–water partition coefficient (Wildman–Crippen LogP) is 3.89. The van der Waals surface area contributed by atoms with E-state index in [4.69, 9.17) is 21.7 Å². The number of hydrogen-bond donors (Lipinski definition) is 0. The molecule has 0 bridgehead atoms. The highest BCUT2D eigenvalue weighted by atomic mass is 32.1. The molecular formula is C21H27N5OS. The van der Waals surface area contributed by atoms with E-state index < -0.39 is 0 Å². The minimum Gasteiger partial charge on any atom is -0.461 e. The Morgan fingerprint density at radius 1 is 1.00 bits per heavy atom. The molecule has 4 rings (SSSR count). The number of piperazine rings is 1. The third-order valence-electron chi connectivity index (χ3n) is 5.02. The first kappa shape index (κ1) is 19.1. The second-order valence-corrected chi connectivity index (χ2v) is 8.07. The monoisotopic (exact) mass is 397 g/mol. The van der Waals surface area contributed by atoms with Gasteiger partial charge in [-0.15, -0.1) is 5.10 Å². The molecule has 3 heterocycles. The topological polar surface area (TPSA) is 42.4 Å². The molecule has 6 nitrogen and oxygen atoms in total. The zero-order valence-corrected chi connectivity index (χ0v) is 17.3. The van der Waals surface area contributed by atoms with Crippen LogP contribution >= 0.6 is 12.2 Å². The van der Waals surface area contributed by atoms with Crippen molar-refractivity contribution in [1.29, 1.82) is 0 Å². The van der Waals surface area contributed by atoms with E-state index in [1.807, 2.05) is 51.7 Å². The minimum absolute atomic E-state index is 0.683. The Labute approximate surface area is 171 Å². The summed E-state index contributed by atoms with van der Waals surface area (Å²) in [6.45, 7) is 10.7. The van der Waals surface area contributed by atoms with Crippen molar-refractivity contribution < 1.29 is 4.42 Å². The van der Waals surface area contributed by atoms with Gasteiger partial charge in [0.2, 0.25) is 10.6 Å². The Balaban J connectivity index is 1.58. The first-order valence-electron chi connectivity index (χ1n) is 9.85. The Bertz CT molecular complexity index is 937. The van der Waals surface area contributed by atoms with Gasteiger partial charge in [0.15, 0.2) is 5.76 Å². The first-order valence-corrected chi connectivity index (χ1v) is 10.3. The molecule has 1 aliphatic rings. The number of nitrogens with zero attached hydrogens (tertiary/aromatic N) is 5. The van der Waals surface area contributed by atoms with Gasteiger partial charge in [0, 0.05) is 32.7 Å². The van der Waals surface area contributed by atoms with E-state index in [1.165, 1.54) is 6.54 Å². The standard InChI is InChI=1S/C21H27N5OS/c1-17(2)15-23-10-12-24(13-11-23)16-25-21(28)26(18-7-4-3-5-8-18)20(22-25)19-9-6-14-27-19/h3-9,14,17H,10-13,15-16H2,1-2H3. The third-order valence-corrected chi connectivity index (χ3v) is 5.41. The summed E-state index contributed by atoms with van der Waals surface area (Å²) in [5.74, 6) is 2.16. The first-order chi connectivity index (χ1) is 13.6. The number of furan rings is 1. The Hall–Kier alpha value is -2.22. The second kappa shape index (κ2) is 8.43. The van der Waals surface area contributed by atoms with Gasteiger partial charge in [-0.2, -0.15) is 0 Å². The van der Waals surface area contributed by atoms with Gasteiger partial charge >= 0.3 is 0 Å². The molecule has 1 aliphatic heterocycles. The van der Waals surface area contributed by atoms with Crippen molar-refractivity contribution in [3.8, 4) is 17.3 Å². The van der Waals surface area contributed by atoms with E-state index >= 15 is 0 Å². The Morgan fingerprint density at radius 3 is 2.36 bits per heavy atom. The van der Waals surface area contributed by atoms with E-state index in [9.17, 15) is 0 Å². The minimum atomic E-state index is 0.683. The number of para-hydroxylation sites is 1. The Kier molecular flexibility index (Phi) is 5.75. The van der Waals surface area contributed by atoms with Crippen LogP contribution < -0.4 is 0 Å². The molecule has 1 fully saturated rings. The molecule has 1 saturated heterocycles. The van der Waals surface area contributed by atoms with Crippen LogP contribution in [0.5, 0.6) is 0 Å². The lowest BCUT2D eigenvalue weighted by molar-refractivity contribution is 0.0951. The van der Waals surface area contributed by atoms with Gasteiger partial charge in [0.1, 0.15) is 0 Å². The molecule has 0 amide bonds. The zero-order valence-electron chi connectivity index (χ0n) is 16.5. The summed E-state index contributed by atoms with van der Waals surface area (Å²) in [5.41, 5.74) is 0.993. The van der Waals surface area contributed by atoms with Crippen LogP contribution in [0.15, 0.2) is 53.1 Å². The van der Waals surface area contributed by atoms with E-state index in [0.717, 1.165) is 43.5 Å². The van der Waals surface area contributed by atoms with Crippen molar-refractivity contribution >= 4 is 12.2 Å². The van der Waals surface area contributed by atoms with Crippen molar-refractivity contribution in [3.63, 3.8) is 0 Å². The molecule has 3 aromatic rings.